The predicted octanol–water partition coefficient (Wildman–Crippen LogP) is 5.38. The van der Waals surface area contributed by atoms with E-state index in [4.69, 9.17) is 4.99 Å². The minimum absolute atomic E-state index is 0.990. The van der Waals surface area contributed by atoms with Gasteiger partial charge in [-0.3, -0.25) is 4.99 Å². The zero-order valence-electron chi connectivity index (χ0n) is 12.6. The highest BCUT2D eigenvalue weighted by molar-refractivity contribution is 5.95. The van der Waals surface area contributed by atoms with E-state index in [0.29, 0.717) is 0 Å². The van der Waals surface area contributed by atoms with Crippen LogP contribution in [0.4, 0.5) is 5.69 Å². The molecule has 0 spiro atoms. The number of hydrogen-bond donors (Lipinski definition) is 0. The predicted molar refractivity (Wildman–Crippen MR) is 97.0 cm³/mol. The van der Waals surface area contributed by atoms with Gasteiger partial charge in [0, 0.05) is 17.3 Å². The first-order chi connectivity index (χ1) is 11.4. The summed E-state index contributed by atoms with van der Waals surface area (Å²) in [6.07, 6.45) is 3.98. The lowest BCUT2D eigenvalue weighted by atomic mass is 10.1. The van der Waals surface area contributed by atoms with Gasteiger partial charge in [0.1, 0.15) is 0 Å². The molecular formula is C21H16N2. The minimum atomic E-state index is 0.990. The Morgan fingerprint density at radius 2 is 1.48 bits per heavy atom. The molecule has 2 heteroatoms. The van der Waals surface area contributed by atoms with Gasteiger partial charge in [-0.1, -0.05) is 54.6 Å². The van der Waals surface area contributed by atoms with E-state index in [1.54, 1.807) is 0 Å². The van der Waals surface area contributed by atoms with Crippen LogP contribution in [0.25, 0.3) is 16.5 Å². The molecule has 2 nitrogen and oxygen atoms in total. The van der Waals surface area contributed by atoms with Crippen LogP contribution in [0.1, 0.15) is 5.69 Å². The van der Waals surface area contributed by atoms with E-state index in [1.165, 1.54) is 10.8 Å². The first-order valence-electron chi connectivity index (χ1n) is 7.66. The van der Waals surface area contributed by atoms with E-state index in [2.05, 4.69) is 59.3 Å². The molecule has 0 saturated heterocycles. The minimum Gasteiger partial charge on any atom is -0.316 e. The maximum absolute atomic E-state index is 4.72. The van der Waals surface area contributed by atoms with Crippen molar-refractivity contribution in [2.24, 2.45) is 4.99 Å². The standard InChI is InChI=1S/C21H16N2/c1-2-10-18(11-3-1)23-15-7-12-19(23)16-22-21-14-6-9-17-8-4-5-13-20(17)21/h1-16H. The molecule has 0 aliphatic carbocycles. The highest BCUT2D eigenvalue weighted by Crippen LogP contribution is 2.25. The van der Waals surface area contributed by atoms with Crippen molar-refractivity contribution in [2.45, 2.75) is 0 Å². The average Bonchev–Trinajstić information content (AvgIpc) is 3.09. The van der Waals surface area contributed by atoms with Crippen molar-refractivity contribution in [3.63, 3.8) is 0 Å². The summed E-state index contributed by atoms with van der Waals surface area (Å²) in [7, 11) is 0. The van der Waals surface area contributed by atoms with Crippen molar-refractivity contribution in [3.8, 4) is 5.69 Å². The molecule has 0 atom stereocenters. The van der Waals surface area contributed by atoms with Crippen molar-refractivity contribution >= 4 is 22.7 Å². The van der Waals surface area contributed by atoms with Crippen molar-refractivity contribution < 1.29 is 0 Å². The fourth-order valence-corrected chi connectivity index (χ4v) is 2.78. The number of benzene rings is 3. The number of fused-ring (bicyclic) bond motifs is 1. The van der Waals surface area contributed by atoms with Gasteiger partial charge in [0.25, 0.3) is 0 Å². The molecule has 3 aromatic carbocycles. The second-order valence-electron chi connectivity index (χ2n) is 5.40. The lowest BCUT2D eigenvalue weighted by Gasteiger charge is -2.06. The van der Waals surface area contributed by atoms with E-state index in [-0.39, 0.29) is 0 Å². The van der Waals surface area contributed by atoms with Crippen LogP contribution in [-0.4, -0.2) is 10.8 Å². The third-order valence-electron chi connectivity index (χ3n) is 3.92. The number of nitrogens with zero attached hydrogens (tertiary/aromatic N) is 2. The van der Waals surface area contributed by atoms with E-state index in [1.807, 2.05) is 42.6 Å². The van der Waals surface area contributed by atoms with Gasteiger partial charge in [0.15, 0.2) is 0 Å². The molecule has 0 aliphatic rings. The van der Waals surface area contributed by atoms with E-state index in [0.717, 1.165) is 17.1 Å². The van der Waals surface area contributed by atoms with Gasteiger partial charge in [-0.15, -0.1) is 0 Å². The largest absolute Gasteiger partial charge is 0.316 e. The van der Waals surface area contributed by atoms with Gasteiger partial charge >= 0.3 is 0 Å². The van der Waals surface area contributed by atoms with Crippen LogP contribution in [0.3, 0.4) is 0 Å². The molecule has 0 N–H and O–H groups in total. The molecule has 4 aromatic rings. The van der Waals surface area contributed by atoms with Gasteiger partial charge in [0.05, 0.1) is 17.6 Å². The fourth-order valence-electron chi connectivity index (χ4n) is 2.78. The van der Waals surface area contributed by atoms with Crippen LogP contribution in [0, 0.1) is 0 Å². The molecule has 0 fully saturated rings. The van der Waals surface area contributed by atoms with Crippen molar-refractivity contribution in [3.05, 3.63) is 96.8 Å². The average molecular weight is 296 g/mol. The smallest absolute Gasteiger partial charge is 0.0708 e. The molecule has 0 bridgehead atoms. The molecule has 23 heavy (non-hydrogen) atoms. The number of hydrogen-bond acceptors (Lipinski definition) is 1. The number of aromatic nitrogens is 1. The van der Waals surface area contributed by atoms with Crippen LogP contribution < -0.4 is 0 Å². The molecule has 1 aromatic heterocycles. The van der Waals surface area contributed by atoms with E-state index >= 15 is 0 Å². The van der Waals surface area contributed by atoms with Crippen molar-refractivity contribution in [1.82, 2.24) is 4.57 Å². The first-order valence-corrected chi connectivity index (χ1v) is 7.66. The summed E-state index contributed by atoms with van der Waals surface area (Å²) in [6.45, 7) is 0. The number of aliphatic imine (C=N–C) groups is 1. The quantitative estimate of drug-likeness (QED) is 0.452. The maximum atomic E-state index is 4.72. The second-order valence-corrected chi connectivity index (χ2v) is 5.40. The summed E-state index contributed by atoms with van der Waals surface area (Å²) in [6, 6.07) is 28.9. The molecule has 0 amide bonds. The monoisotopic (exact) mass is 296 g/mol. The summed E-state index contributed by atoms with van der Waals surface area (Å²) in [5.74, 6) is 0. The Labute approximate surface area is 135 Å². The van der Waals surface area contributed by atoms with Gasteiger partial charge in [0.2, 0.25) is 0 Å². The highest BCUT2D eigenvalue weighted by atomic mass is 15.0. The summed E-state index contributed by atoms with van der Waals surface area (Å²) in [5, 5.41) is 2.38. The summed E-state index contributed by atoms with van der Waals surface area (Å²) < 4.78 is 2.13. The lowest BCUT2D eigenvalue weighted by Crippen LogP contribution is -1.97. The van der Waals surface area contributed by atoms with Gasteiger partial charge in [-0.25, -0.2) is 0 Å². The summed E-state index contributed by atoms with van der Waals surface area (Å²) in [5.41, 5.74) is 3.19. The molecule has 0 aliphatic heterocycles. The Hall–Kier alpha value is -3.13. The molecule has 0 unspecified atom stereocenters. The van der Waals surface area contributed by atoms with Crippen LogP contribution in [-0.2, 0) is 0 Å². The Morgan fingerprint density at radius 3 is 2.39 bits per heavy atom. The molecular weight excluding hydrogens is 280 g/mol. The summed E-state index contributed by atoms with van der Waals surface area (Å²) in [4.78, 5) is 4.72. The Kier molecular flexibility index (Phi) is 3.49. The van der Waals surface area contributed by atoms with Crippen molar-refractivity contribution in [2.75, 3.05) is 0 Å². The van der Waals surface area contributed by atoms with Gasteiger partial charge < -0.3 is 4.57 Å². The molecule has 0 saturated carbocycles. The summed E-state index contributed by atoms with van der Waals surface area (Å²) >= 11 is 0. The molecule has 1 heterocycles. The third-order valence-corrected chi connectivity index (χ3v) is 3.92. The van der Waals surface area contributed by atoms with Gasteiger partial charge in [-0.2, -0.15) is 0 Å². The van der Waals surface area contributed by atoms with Crippen molar-refractivity contribution in [1.29, 1.82) is 0 Å². The van der Waals surface area contributed by atoms with Crippen LogP contribution in [0.5, 0.6) is 0 Å². The van der Waals surface area contributed by atoms with Crippen LogP contribution in [0.2, 0.25) is 0 Å². The second kappa shape index (κ2) is 5.93. The number of para-hydroxylation sites is 1. The fraction of sp³-hybridized carbons (Fsp3) is 0. The molecule has 0 radical (unpaired) electrons. The maximum Gasteiger partial charge on any atom is 0.0708 e. The van der Waals surface area contributed by atoms with E-state index in [9.17, 15) is 0 Å². The zero-order chi connectivity index (χ0) is 15.5. The normalized spacial score (nSPS) is 11.3. The Bertz CT molecular complexity index is 960. The Balaban J connectivity index is 1.74. The van der Waals surface area contributed by atoms with Crippen LogP contribution in [0.15, 0.2) is 96.1 Å². The first kappa shape index (κ1) is 13.5. The lowest BCUT2D eigenvalue weighted by molar-refractivity contribution is 1.07. The van der Waals surface area contributed by atoms with Gasteiger partial charge in [-0.05, 0) is 35.7 Å². The molecule has 110 valence electrons. The molecule has 4 rings (SSSR count). The van der Waals surface area contributed by atoms with E-state index < -0.39 is 0 Å². The SMILES string of the molecule is C(=Nc1cccc2ccccc12)c1cccn1-c1ccccc1. The Morgan fingerprint density at radius 1 is 0.696 bits per heavy atom. The number of rotatable bonds is 3. The van der Waals surface area contributed by atoms with Crippen LogP contribution >= 0.6 is 0 Å². The third kappa shape index (κ3) is 2.67. The highest BCUT2D eigenvalue weighted by Gasteiger charge is 2.01. The zero-order valence-corrected chi connectivity index (χ0v) is 12.6. The topological polar surface area (TPSA) is 17.3 Å².